The van der Waals surface area contributed by atoms with E-state index in [1.165, 1.54) is 24.3 Å². The Kier molecular flexibility index (Phi) is 3.30. The van der Waals surface area contributed by atoms with E-state index in [9.17, 15) is 14.9 Å². The lowest BCUT2D eigenvalue weighted by molar-refractivity contribution is -0.584. The molecule has 1 aliphatic rings. The lowest BCUT2D eigenvalue weighted by atomic mass is 10.1. The van der Waals surface area contributed by atoms with Crippen LogP contribution in [0.5, 0.6) is 0 Å². The number of carbonyl (C=O) groups is 1. The summed E-state index contributed by atoms with van der Waals surface area (Å²) >= 11 is 0. The third kappa shape index (κ3) is 2.39. The molecule has 0 atom stereocenters. The number of hydrazone groups is 1. The number of carbonyl (C=O) groups excluding carboxylic acids is 1. The molecule has 22 heavy (non-hydrogen) atoms. The largest absolute Gasteiger partial charge is 0.299 e. The zero-order valence-electron chi connectivity index (χ0n) is 11.5. The highest BCUT2D eigenvalue weighted by Crippen LogP contribution is 2.16. The molecule has 7 heteroatoms. The zero-order valence-corrected chi connectivity index (χ0v) is 11.5. The second-order valence-electron chi connectivity index (χ2n) is 4.87. The van der Waals surface area contributed by atoms with Crippen molar-refractivity contribution in [2.45, 2.75) is 6.54 Å². The van der Waals surface area contributed by atoms with Crippen LogP contribution in [0.1, 0.15) is 21.5 Å². The Hall–Kier alpha value is -3.22. The van der Waals surface area contributed by atoms with Gasteiger partial charge in [-0.1, -0.05) is 18.2 Å². The number of fused-ring (bicyclic) bond motifs is 1. The van der Waals surface area contributed by atoms with E-state index in [2.05, 4.69) is 5.43 Å². The molecule has 0 unspecified atom stereocenters. The van der Waals surface area contributed by atoms with Crippen molar-refractivity contribution in [2.24, 2.45) is 5.73 Å². The second-order valence-corrected chi connectivity index (χ2v) is 4.87. The molecular weight excluding hydrogens is 284 g/mol. The van der Waals surface area contributed by atoms with E-state index in [0.29, 0.717) is 17.9 Å². The molecule has 0 aliphatic carbocycles. The molecule has 2 aromatic carbocycles. The van der Waals surface area contributed by atoms with Gasteiger partial charge >= 0.3 is 0 Å². The number of nitro groups is 1. The van der Waals surface area contributed by atoms with Crippen LogP contribution >= 0.6 is 0 Å². The second kappa shape index (κ2) is 5.28. The van der Waals surface area contributed by atoms with Gasteiger partial charge in [-0.3, -0.25) is 20.6 Å². The Morgan fingerprint density at radius 2 is 1.86 bits per heavy atom. The number of hydrogen-bond donors (Lipinski definition) is 2. The molecule has 0 bridgehead atoms. The molecule has 0 radical (unpaired) electrons. The lowest BCUT2D eigenvalue weighted by Crippen LogP contribution is -2.38. The number of nitrogens with one attached hydrogen (secondary N) is 1. The van der Waals surface area contributed by atoms with Crippen molar-refractivity contribution >= 4 is 17.4 Å². The first-order chi connectivity index (χ1) is 10.6. The average molecular weight is 297 g/mol. The highest BCUT2D eigenvalue weighted by atomic mass is 16.6. The fraction of sp³-hybridized carbons (Fsp3) is 0.0667. The summed E-state index contributed by atoms with van der Waals surface area (Å²) < 4.78 is 1.56. The maximum Gasteiger partial charge on any atom is 0.299 e. The van der Waals surface area contributed by atoms with Crippen LogP contribution in [0.4, 0.5) is 5.69 Å². The van der Waals surface area contributed by atoms with Crippen molar-refractivity contribution < 1.29 is 14.4 Å². The Morgan fingerprint density at radius 1 is 1.18 bits per heavy atom. The Bertz CT molecular complexity index is 797. The Labute approximate surface area is 125 Å². The standard InChI is InChI=1S/C15H12N4O3/c16-14-13-4-2-1-3-11(13)9-18(14)17-15(20)10-5-7-12(8-6-10)19(21)22/h1-8,16H,9H2,(H,17,20)/p+1. The van der Waals surface area contributed by atoms with Gasteiger partial charge in [0.15, 0.2) is 0 Å². The highest BCUT2D eigenvalue weighted by molar-refractivity contribution is 5.98. The summed E-state index contributed by atoms with van der Waals surface area (Å²) in [5.41, 5.74) is 10.9. The zero-order chi connectivity index (χ0) is 15.7. The summed E-state index contributed by atoms with van der Waals surface area (Å²) in [4.78, 5) is 22.3. The molecule has 110 valence electrons. The number of amidine groups is 1. The van der Waals surface area contributed by atoms with Crippen LogP contribution in [0.25, 0.3) is 0 Å². The molecule has 3 N–H and O–H groups in total. The predicted molar refractivity (Wildman–Crippen MR) is 79.3 cm³/mol. The number of benzene rings is 2. The van der Waals surface area contributed by atoms with Crippen LogP contribution in [0, 0.1) is 10.1 Å². The van der Waals surface area contributed by atoms with Gasteiger partial charge in [-0.15, -0.1) is 0 Å². The van der Waals surface area contributed by atoms with Crippen LogP contribution in [-0.4, -0.2) is 21.4 Å². The number of nitro benzene ring substituents is 1. The van der Waals surface area contributed by atoms with E-state index in [1.807, 2.05) is 24.3 Å². The molecule has 0 saturated heterocycles. The van der Waals surface area contributed by atoms with Crippen molar-refractivity contribution in [3.05, 3.63) is 75.3 Å². The average Bonchev–Trinajstić information content (AvgIpc) is 2.84. The first kappa shape index (κ1) is 13.7. The normalized spacial score (nSPS) is 12.9. The lowest BCUT2D eigenvalue weighted by Gasteiger charge is -2.05. The van der Waals surface area contributed by atoms with Crippen LogP contribution in [-0.2, 0) is 6.54 Å². The van der Waals surface area contributed by atoms with Gasteiger partial charge in [0, 0.05) is 23.3 Å². The minimum Gasteiger partial charge on any atom is -0.285 e. The van der Waals surface area contributed by atoms with Crippen molar-refractivity contribution in [2.75, 3.05) is 0 Å². The van der Waals surface area contributed by atoms with Gasteiger partial charge in [0.2, 0.25) is 0 Å². The number of nitrogens with zero attached hydrogens (tertiary/aromatic N) is 2. The molecule has 2 aromatic rings. The fourth-order valence-corrected chi connectivity index (χ4v) is 2.33. The summed E-state index contributed by atoms with van der Waals surface area (Å²) in [6.07, 6.45) is 0. The molecule has 1 heterocycles. The molecule has 7 nitrogen and oxygen atoms in total. The topological polar surface area (TPSA) is 101 Å². The molecule has 0 fully saturated rings. The fourth-order valence-electron chi connectivity index (χ4n) is 2.33. The molecular formula is C15H13N4O3+. The SMILES string of the molecule is NC1=[N+](NC(=O)c2ccc([N+](=O)[O-])cc2)Cc2ccccc21. The first-order valence-corrected chi connectivity index (χ1v) is 6.60. The third-order valence-electron chi connectivity index (χ3n) is 3.49. The number of amides is 1. The monoisotopic (exact) mass is 297 g/mol. The maximum absolute atomic E-state index is 12.2. The summed E-state index contributed by atoms with van der Waals surface area (Å²) in [5.74, 6) is 0.108. The van der Waals surface area contributed by atoms with E-state index in [-0.39, 0.29) is 11.6 Å². The van der Waals surface area contributed by atoms with Crippen molar-refractivity contribution in [1.82, 2.24) is 5.43 Å². The number of rotatable bonds is 3. The van der Waals surface area contributed by atoms with Gasteiger partial charge in [0.25, 0.3) is 17.4 Å². The molecule has 0 aromatic heterocycles. The maximum atomic E-state index is 12.2. The molecule has 0 saturated carbocycles. The van der Waals surface area contributed by atoms with Crippen molar-refractivity contribution in [1.29, 1.82) is 0 Å². The number of hydrogen-bond acceptors (Lipinski definition) is 4. The minimum absolute atomic E-state index is 0.0591. The molecule has 0 spiro atoms. The number of hydrazine groups is 1. The Balaban J connectivity index is 1.78. The van der Waals surface area contributed by atoms with Crippen LogP contribution in [0.2, 0.25) is 0 Å². The summed E-state index contributed by atoms with van der Waals surface area (Å²) in [5, 5.41) is 10.6. The van der Waals surface area contributed by atoms with Gasteiger partial charge in [0.1, 0.15) is 6.54 Å². The molecule has 1 aliphatic heterocycles. The van der Waals surface area contributed by atoms with Crippen LogP contribution in [0.15, 0.2) is 48.5 Å². The van der Waals surface area contributed by atoms with E-state index >= 15 is 0 Å². The summed E-state index contributed by atoms with van der Waals surface area (Å²) in [7, 11) is 0. The minimum atomic E-state index is -0.509. The van der Waals surface area contributed by atoms with E-state index in [4.69, 9.17) is 5.73 Å². The quantitative estimate of drug-likeness (QED) is 0.504. The van der Waals surface area contributed by atoms with Gasteiger partial charge < -0.3 is 0 Å². The predicted octanol–water partition coefficient (Wildman–Crippen LogP) is 1.17. The summed E-state index contributed by atoms with van der Waals surface area (Å²) in [6, 6.07) is 13.0. The third-order valence-corrected chi connectivity index (χ3v) is 3.49. The van der Waals surface area contributed by atoms with Gasteiger partial charge in [0.05, 0.1) is 10.5 Å². The van der Waals surface area contributed by atoms with Crippen molar-refractivity contribution in [3.8, 4) is 0 Å². The van der Waals surface area contributed by atoms with Gasteiger partial charge in [-0.2, -0.15) is 10.1 Å². The van der Waals surface area contributed by atoms with Crippen LogP contribution < -0.4 is 11.2 Å². The van der Waals surface area contributed by atoms with Crippen molar-refractivity contribution in [3.63, 3.8) is 0 Å². The van der Waals surface area contributed by atoms with E-state index < -0.39 is 4.92 Å². The molecule has 1 amide bonds. The van der Waals surface area contributed by atoms with E-state index in [0.717, 1.165) is 11.1 Å². The first-order valence-electron chi connectivity index (χ1n) is 6.60. The smallest absolute Gasteiger partial charge is 0.285 e. The highest BCUT2D eigenvalue weighted by Gasteiger charge is 2.26. The van der Waals surface area contributed by atoms with Gasteiger partial charge in [-0.25, -0.2) is 0 Å². The van der Waals surface area contributed by atoms with Gasteiger partial charge in [-0.05, 0) is 18.2 Å². The van der Waals surface area contributed by atoms with E-state index in [1.54, 1.807) is 4.68 Å². The summed E-state index contributed by atoms with van der Waals surface area (Å²) in [6.45, 7) is 0.487. The van der Waals surface area contributed by atoms with Crippen LogP contribution in [0.3, 0.4) is 0 Å². The Morgan fingerprint density at radius 3 is 2.50 bits per heavy atom. The number of non-ortho nitro benzene ring substituents is 1. The molecule has 3 rings (SSSR count). The number of nitrogens with two attached hydrogens (primary N) is 1.